The van der Waals surface area contributed by atoms with Gasteiger partial charge in [0.2, 0.25) is 10.0 Å². The third-order valence-electron chi connectivity index (χ3n) is 2.64. The number of nitrogens with zero attached hydrogens (tertiary/aromatic N) is 1. The molecule has 2 rings (SSSR count). The van der Waals surface area contributed by atoms with E-state index >= 15 is 0 Å². The van der Waals surface area contributed by atoms with Crippen LogP contribution in [-0.2, 0) is 14.8 Å². The van der Waals surface area contributed by atoms with E-state index in [1.165, 1.54) is 4.31 Å². The third kappa shape index (κ3) is 1.39. The lowest BCUT2D eigenvalue weighted by Gasteiger charge is -2.08. The zero-order chi connectivity index (χ0) is 9.64. The van der Waals surface area contributed by atoms with Gasteiger partial charge in [0, 0.05) is 6.61 Å². The Bertz CT molecular complexity index is 287. The van der Waals surface area contributed by atoms with Gasteiger partial charge in [0.25, 0.3) is 0 Å². The van der Waals surface area contributed by atoms with Crippen molar-refractivity contribution in [1.29, 1.82) is 0 Å². The normalized spacial score (nSPS) is 38.8. The molecule has 0 bridgehead atoms. The zero-order valence-electron chi connectivity index (χ0n) is 7.93. The molecule has 76 valence electrons. The third-order valence-corrected chi connectivity index (χ3v) is 4.90. The van der Waals surface area contributed by atoms with Crippen LogP contribution in [0.5, 0.6) is 0 Å². The highest BCUT2D eigenvalue weighted by Crippen LogP contribution is 2.40. The van der Waals surface area contributed by atoms with Crippen molar-refractivity contribution >= 4 is 10.0 Å². The SMILES string of the molecule is CC(C)S(=O)(=O)N1C2CCCOC21. The number of ether oxygens (including phenoxy) is 1. The quantitative estimate of drug-likeness (QED) is 0.618. The van der Waals surface area contributed by atoms with Gasteiger partial charge < -0.3 is 4.74 Å². The van der Waals surface area contributed by atoms with Crippen molar-refractivity contribution in [3.63, 3.8) is 0 Å². The minimum absolute atomic E-state index is 0.138. The molecule has 2 aliphatic rings. The molecule has 0 radical (unpaired) electrons. The number of fused-ring (bicyclic) bond motifs is 1. The molecule has 0 saturated carbocycles. The molecule has 2 heterocycles. The molecule has 0 aliphatic carbocycles. The van der Waals surface area contributed by atoms with Crippen LogP contribution in [0.15, 0.2) is 0 Å². The van der Waals surface area contributed by atoms with E-state index in [2.05, 4.69) is 0 Å². The first kappa shape index (κ1) is 9.43. The van der Waals surface area contributed by atoms with Crippen molar-refractivity contribution in [3.8, 4) is 0 Å². The molecular formula is C8H15NO3S. The molecule has 5 heteroatoms. The first-order valence-corrected chi connectivity index (χ1v) is 6.19. The Kier molecular flexibility index (Phi) is 2.13. The molecule has 3 atom stereocenters. The van der Waals surface area contributed by atoms with Crippen LogP contribution in [0.4, 0.5) is 0 Å². The van der Waals surface area contributed by atoms with E-state index in [4.69, 9.17) is 4.74 Å². The number of sulfonamides is 1. The molecule has 2 fully saturated rings. The average molecular weight is 205 g/mol. The fourth-order valence-electron chi connectivity index (χ4n) is 1.76. The van der Waals surface area contributed by atoms with Crippen LogP contribution in [0.1, 0.15) is 26.7 Å². The van der Waals surface area contributed by atoms with Crippen LogP contribution in [0.3, 0.4) is 0 Å². The van der Waals surface area contributed by atoms with Gasteiger partial charge in [0.15, 0.2) is 0 Å². The van der Waals surface area contributed by atoms with E-state index < -0.39 is 10.0 Å². The monoisotopic (exact) mass is 205 g/mol. The van der Waals surface area contributed by atoms with Crippen LogP contribution >= 0.6 is 0 Å². The van der Waals surface area contributed by atoms with Crippen molar-refractivity contribution in [1.82, 2.24) is 4.31 Å². The van der Waals surface area contributed by atoms with Gasteiger partial charge in [-0.1, -0.05) is 0 Å². The first-order chi connectivity index (χ1) is 6.05. The summed E-state index contributed by atoms with van der Waals surface area (Å²) in [5.41, 5.74) is 0. The summed E-state index contributed by atoms with van der Waals surface area (Å²) >= 11 is 0. The maximum absolute atomic E-state index is 11.7. The molecule has 0 aromatic heterocycles. The topological polar surface area (TPSA) is 46.4 Å². The van der Waals surface area contributed by atoms with E-state index in [-0.39, 0.29) is 17.5 Å². The van der Waals surface area contributed by atoms with Crippen molar-refractivity contribution < 1.29 is 13.2 Å². The van der Waals surface area contributed by atoms with E-state index in [9.17, 15) is 8.42 Å². The van der Waals surface area contributed by atoms with E-state index in [0.717, 1.165) is 12.8 Å². The van der Waals surface area contributed by atoms with E-state index in [1.807, 2.05) is 0 Å². The van der Waals surface area contributed by atoms with Gasteiger partial charge in [0.1, 0.15) is 6.23 Å². The predicted octanol–water partition coefficient (Wildman–Crippen LogP) is 0.545. The van der Waals surface area contributed by atoms with Crippen molar-refractivity contribution in [2.75, 3.05) is 6.61 Å². The van der Waals surface area contributed by atoms with Crippen molar-refractivity contribution in [2.24, 2.45) is 0 Å². The van der Waals surface area contributed by atoms with Gasteiger partial charge in [-0.05, 0) is 26.7 Å². The van der Waals surface area contributed by atoms with Crippen LogP contribution < -0.4 is 0 Å². The largest absolute Gasteiger partial charge is 0.360 e. The molecular weight excluding hydrogens is 190 g/mol. The van der Waals surface area contributed by atoms with Crippen LogP contribution in [0.2, 0.25) is 0 Å². The maximum atomic E-state index is 11.7. The van der Waals surface area contributed by atoms with Gasteiger partial charge in [-0.25, -0.2) is 8.42 Å². The molecule has 0 amide bonds. The Morgan fingerprint density at radius 3 is 2.62 bits per heavy atom. The minimum atomic E-state index is -3.08. The molecule has 0 aromatic rings. The Labute approximate surface area is 78.9 Å². The number of rotatable bonds is 2. The first-order valence-electron chi connectivity index (χ1n) is 4.69. The highest BCUT2D eigenvalue weighted by atomic mass is 32.2. The Balaban J connectivity index is 2.12. The van der Waals surface area contributed by atoms with Gasteiger partial charge in [-0.2, -0.15) is 4.31 Å². The second kappa shape index (κ2) is 2.93. The summed E-state index contributed by atoms with van der Waals surface area (Å²) in [4.78, 5) is 0. The summed E-state index contributed by atoms with van der Waals surface area (Å²) in [6, 6.07) is 0.140. The minimum Gasteiger partial charge on any atom is -0.360 e. The van der Waals surface area contributed by atoms with E-state index in [1.54, 1.807) is 13.8 Å². The second-order valence-corrected chi connectivity index (χ2v) is 6.29. The van der Waals surface area contributed by atoms with E-state index in [0.29, 0.717) is 6.61 Å². The van der Waals surface area contributed by atoms with Crippen molar-refractivity contribution in [2.45, 2.75) is 44.2 Å². The summed E-state index contributed by atoms with van der Waals surface area (Å²) in [6.45, 7) is 4.12. The smallest absolute Gasteiger partial charge is 0.219 e. The van der Waals surface area contributed by atoms with Crippen LogP contribution in [0.25, 0.3) is 0 Å². The van der Waals surface area contributed by atoms with Gasteiger partial charge in [-0.3, -0.25) is 0 Å². The summed E-state index contributed by atoms with van der Waals surface area (Å²) in [5, 5.41) is -0.332. The molecule has 0 N–H and O–H groups in total. The standard InChI is InChI=1S/C8H15NO3S/c1-6(2)13(10,11)9-7-4-3-5-12-8(7)9/h6-8H,3-5H2,1-2H3. The highest BCUT2D eigenvalue weighted by Gasteiger charge is 2.57. The zero-order valence-corrected chi connectivity index (χ0v) is 8.75. The molecule has 2 aliphatic heterocycles. The molecule has 2 saturated heterocycles. The summed E-state index contributed by atoms with van der Waals surface area (Å²) in [5.74, 6) is 0. The molecule has 3 unspecified atom stereocenters. The molecule has 0 spiro atoms. The van der Waals surface area contributed by atoms with Crippen LogP contribution in [-0.4, -0.2) is 36.8 Å². The molecule has 13 heavy (non-hydrogen) atoms. The predicted molar refractivity (Wildman–Crippen MR) is 48.7 cm³/mol. The van der Waals surface area contributed by atoms with Crippen molar-refractivity contribution in [3.05, 3.63) is 0 Å². The lowest BCUT2D eigenvalue weighted by molar-refractivity contribution is 0.0786. The highest BCUT2D eigenvalue weighted by molar-refractivity contribution is 7.89. The Morgan fingerprint density at radius 1 is 1.46 bits per heavy atom. The number of hydrogen-bond donors (Lipinski definition) is 0. The Hall–Kier alpha value is -0.130. The molecule has 0 aromatic carbocycles. The maximum Gasteiger partial charge on any atom is 0.219 e. The summed E-state index contributed by atoms with van der Waals surface area (Å²) in [6.07, 6.45) is 1.79. The summed E-state index contributed by atoms with van der Waals surface area (Å²) in [7, 11) is -3.08. The average Bonchev–Trinajstić information content (AvgIpc) is 2.77. The number of hydrogen-bond acceptors (Lipinski definition) is 3. The molecule has 4 nitrogen and oxygen atoms in total. The van der Waals surface area contributed by atoms with Gasteiger partial charge in [-0.15, -0.1) is 0 Å². The fraction of sp³-hybridized carbons (Fsp3) is 1.00. The fourth-order valence-corrected chi connectivity index (χ4v) is 3.27. The lowest BCUT2D eigenvalue weighted by atomic mass is 10.2. The van der Waals surface area contributed by atoms with Gasteiger partial charge in [0.05, 0.1) is 11.3 Å². The van der Waals surface area contributed by atoms with Gasteiger partial charge >= 0.3 is 0 Å². The second-order valence-electron chi connectivity index (χ2n) is 3.89. The Morgan fingerprint density at radius 2 is 2.15 bits per heavy atom. The summed E-state index contributed by atoms with van der Waals surface area (Å²) < 4.78 is 30.3. The van der Waals surface area contributed by atoms with Crippen LogP contribution in [0, 0.1) is 0 Å². The lowest BCUT2D eigenvalue weighted by Crippen LogP contribution is -2.24.